The number of nitrogens with zero attached hydrogens (tertiary/aromatic N) is 1. The predicted octanol–water partition coefficient (Wildman–Crippen LogP) is -0.176. The number of likely N-dealkylation sites (tertiary alicyclic amines) is 1. The molecule has 0 aliphatic carbocycles. The van der Waals surface area contributed by atoms with E-state index in [1.807, 2.05) is 6.92 Å². The molecule has 1 rings (SSSR count). The highest BCUT2D eigenvalue weighted by molar-refractivity contribution is 4.82. The molecule has 0 saturated carbocycles. The summed E-state index contributed by atoms with van der Waals surface area (Å²) in [5, 5.41) is 18.0. The summed E-state index contributed by atoms with van der Waals surface area (Å²) in [6, 6.07) is 0.280. The number of aliphatic hydroxyl groups is 2. The van der Waals surface area contributed by atoms with Crippen LogP contribution in [0.1, 0.15) is 19.8 Å². The molecule has 0 bridgehead atoms. The zero-order chi connectivity index (χ0) is 8.27. The first-order chi connectivity index (χ1) is 5.25. The minimum absolute atomic E-state index is 0.198. The second kappa shape index (κ2) is 4.04. The largest absolute Gasteiger partial charge is 0.395 e. The van der Waals surface area contributed by atoms with E-state index >= 15 is 0 Å². The van der Waals surface area contributed by atoms with Gasteiger partial charge in [0.25, 0.3) is 0 Å². The Morgan fingerprint density at radius 1 is 1.64 bits per heavy atom. The van der Waals surface area contributed by atoms with Crippen molar-refractivity contribution < 1.29 is 10.2 Å². The van der Waals surface area contributed by atoms with E-state index in [2.05, 4.69) is 4.90 Å². The fraction of sp³-hybridized carbons (Fsp3) is 1.00. The van der Waals surface area contributed by atoms with Crippen molar-refractivity contribution in [2.45, 2.75) is 31.9 Å². The van der Waals surface area contributed by atoms with Gasteiger partial charge in [-0.25, -0.2) is 0 Å². The highest BCUT2D eigenvalue weighted by atomic mass is 16.3. The van der Waals surface area contributed by atoms with Crippen molar-refractivity contribution in [1.82, 2.24) is 4.90 Å². The van der Waals surface area contributed by atoms with E-state index in [4.69, 9.17) is 5.11 Å². The molecule has 1 aliphatic heterocycles. The topological polar surface area (TPSA) is 43.7 Å². The zero-order valence-corrected chi connectivity index (χ0v) is 7.03. The van der Waals surface area contributed by atoms with Crippen LogP contribution in [-0.4, -0.2) is 47.0 Å². The summed E-state index contributed by atoms with van der Waals surface area (Å²) in [7, 11) is 0. The highest BCUT2D eigenvalue weighted by Crippen LogP contribution is 2.19. The Morgan fingerprint density at radius 3 is 2.91 bits per heavy atom. The number of hydrogen-bond acceptors (Lipinski definition) is 3. The van der Waals surface area contributed by atoms with Crippen molar-refractivity contribution in [2.24, 2.45) is 0 Å². The monoisotopic (exact) mass is 159 g/mol. The molecular weight excluding hydrogens is 142 g/mol. The smallest absolute Gasteiger partial charge is 0.0667 e. The van der Waals surface area contributed by atoms with E-state index in [0.717, 1.165) is 19.4 Å². The summed E-state index contributed by atoms with van der Waals surface area (Å²) >= 11 is 0. The standard InChI is InChI=1S/C8H17NO2/c1-7(11)8-3-2-4-9(8)5-6-10/h7-8,10-11H,2-6H2,1H3/t7-,8-/m0/s1. The van der Waals surface area contributed by atoms with Gasteiger partial charge in [0.1, 0.15) is 0 Å². The lowest BCUT2D eigenvalue weighted by molar-refractivity contribution is 0.0759. The molecule has 0 spiro atoms. The first-order valence-electron chi connectivity index (χ1n) is 4.28. The Kier molecular flexibility index (Phi) is 3.30. The number of β-amino-alcohol motifs (C(OH)–C–C–N with tert-alkyl or cyclic N) is 1. The van der Waals surface area contributed by atoms with Crippen LogP contribution in [-0.2, 0) is 0 Å². The van der Waals surface area contributed by atoms with E-state index in [-0.39, 0.29) is 18.8 Å². The third-order valence-electron chi connectivity index (χ3n) is 2.36. The molecule has 1 heterocycles. The molecule has 0 radical (unpaired) electrons. The quantitative estimate of drug-likeness (QED) is 0.600. The predicted molar refractivity (Wildman–Crippen MR) is 43.4 cm³/mol. The van der Waals surface area contributed by atoms with Gasteiger partial charge in [0.05, 0.1) is 12.7 Å². The fourth-order valence-corrected chi connectivity index (χ4v) is 1.80. The van der Waals surface area contributed by atoms with Gasteiger partial charge in [-0.2, -0.15) is 0 Å². The summed E-state index contributed by atoms with van der Waals surface area (Å²) in [6.45, 7) is 3.75. The number of hydrogen-bond donors (Lipinski definition) is 2. The summed E-state index contributed by atoms with van der Waals surface area (Å²) < 4.78 is 0. The molecule has 0 aromatic heterocycles. The van der Waals surface area contributed by atoms with Gasteiger partial charge in [0.15, 0.2) is 0 Å². The molecule has 0 aromatic rings. The van der Waals surface area contributed by atoms with Crippen LogP contribution in [0.3, 0.4) is 0 Å². The van der Waals surface area contributed by atoms with Crippen LogP contribution in [0.5, 0.6) is 0 Å². The first-order valence-corrected chi connectivity index (χ1v) is 4.28. The lowest BCUT2D eigenvalue weighted by Gasteiger charge is -2.25. The number of aliphatic hydroxyl groups excluding tert-OH is 2. The Balaban J connectivity index is 2.37. The van der Waals surface area contributed by atoms with Gasteiger partial charge < -0.3 is 10.2 Å². The average molecular weight is 159 g/mol. The van der Waals surface area contributed by atoms with Gasteiger partial charge >= 0.3 is 0 Å². The van der Waals surface area contributed by atoms with Crippen molar-refractivity contribution in [3.8, 4) is 0 Å². The average Bonchev–Trinajstić information content (AvgIpc) is 2.36. The Bertz CT molecular complexity index is 117. The van der Waals surface area contributed by atoms with Gasteiger partial charge in [-0.05, 0) is 26.3 Å². The molecule has 66 valence electrons. The Morgan fingerprint density at radius 2 is 2.36 bits per heavy atom. The van der Waals surface area contributed by atoms with Crippen LogP contribution in [0.4, 0.5) is 0 Å². The van der Waals surface area contributed by atoms with Gasteiger partial charge in [-0.15, -0.1) is 0 Å². The van der Waals surface area contributed by atoms with Crippen LogP contribution < -0.4 is 0 Å². The minimum Gasteiger partial charge on any atom is -0.395 e. The third-order valence-corrected chi connectivity index (χ3v) is 2.36. The molecule has 11 heavy (non-hydrogen) atoms. The van der Waals surface area contributed by atoms with E-state index in [1.54, 1.807) is 0 Å². The fourth-order valence-electron chi connectivity index (χ4n) is 1.80. The summed E-state index contributed by atoms with van der Waals surface area (Å²) in [5.41, 5.74) is 0. The van der Waals surface area contributed by atoms with Gasteiger partial charge in [0.2, 0.25) is 0 Å². The lowest BCUT2D eigenvalue weighted by atomic mass is 10.1. The second-order valence-corrected chi connectivity index (χ2v) is 3.21. The lowest BCUT2D eigenvalue weighted by Crippen LogP contribution is -2.38. The van der Waals surface area contributed by atoms with Crippen molar-refractivity contribution >= 4 is 0 Å². The molecule has 1 saturated heterocycles. The van der Waals surface area contributed by atoms with Crippen LogP contribution >= 0.6 is 0 Å². The summed E-state index contributed by atoms with van der Waals surface area (Å²) in [6.07, 6.45) is 1.96. The van der Waals surface area contributed by atoms with E-state index in [9.17, 15) is 5.11 Å². The van der Waals surface area contributed by atoms with E-state index in [0.29, 0.717) is 6.54 Å². The number of rotatable bonds is 3. The molecule has 0 aromatic carbocycles. The molecule has 2 N–H and O–H groups in total. The molecule has 3 heteroatoms. The Hall–Kier alpha value is -0.120. The zero-order valence-electron chi connectivity index (χ0n) is 7.03. The normalized spacial score (nSPS) is 29.2. The molecule has 2 atom stereocenters. The molecular formula is C8H17NO2. The second-order valence-electron chi connectivity index (χ2n) is 3.21. The maximum Gasteiger partial charge on any atom is 0.0667 e. The minimum atomic E-state index is -0.260. The van der Waals surface area contributed by atoms with Crippen molar-refractivity contribution in [3.05, 3.63) is 0 Å². The van der Waals surface area contributed by atoms with Gasteiger partial charge in [-0.3, -0.25) is 4.90 Å². The van der Waals surface area contributed by atoms with Crippen LogP contribution in [0.15, 0.2) is 0 Å². The van der Waals surface area contributed by atoms with Crippen molar-refractivity contribution in [2.75, 3.05) is 19.7 Å². The molecule has 3 nitrogen and oxygen atoms in total. The molecule has 1 fully saturated rings. The molecule has 0 amide bonds. The van der Waals surface area contributed by atoms with Crippen LogP contribution in [0, 0.1) is 0 Å². The van der Waals surface area contributed by atoms with Gasteiger partial charge in [-0.1, -0.05) is 0 Å². The summed E-state index contributed by atoms with van der Waals surface area (Å²) in [5.74, 6) is 0. The Labute approximate surface area is 67.6 Å². The summed E-state index contributed by atoms with van der Waals surface area (Å²) in [4.78, 5) is 2.16. The van der Waals surface area contributed by atoms with Crippen LogP contribution in [0.25, 0.3) is 0 Å². The van der Waals surface area contributed by atoms with E-state index in [1.165, 1.54) is 0 Å². The van der Waals surface area contributed by atoms with E-state index < -0.39 is 0 Å². The maximum atomic E-state index is 9.33. The SMILES string of the molecule is C[C@H](O)[C@@H]1CCCN1CCO. The van der Waals surface area contributed by atoms with Crippen LogP contribution in [0.2, 0.25) is 0 Å². The van der Waals surface area contributed by atoms with Gasteiger partial charge in [0, 0.05) is 12.6 Å². The first kappa shape index (κ1) is 8.97. The highest BCUT2D eigenvalue weighted by Gasteiger charge is 2.27. The molecule has 1 aliphatic rings. The van der Waals surface area contributed by atoms with Crippen molar-refractivity contribution in [3.63, 3.8) is 0 Å². The van der Waals surface area contributed by atoms with Crippen molar-refractivity contribution in [1.29, 1.82) is 0 Å². The molecule has 0 unspecified atom stereocenters. The maximum absolute atomic E-state index is 9.33. The third kappa shape index (κ3) is 2.15.